The van der Waals surface area contributed by atoms with Crippen molar-refractivity contribution in [3.05, 3.63) is 78.4 Å². The van der Waals surface area contributed by atoms with E-state index >= 15 is 0 Å². The van der Waals surface area contributed by atoms with Gasteiger partial charge in [0.1, 0.15) is 5.60 Å². The zero-order valence-electron chi connectivity index (χ0n) is 40.0. The molecule has 0 aliphatic carbocycles. The molecule has 0 saturated heterocycles. The Kier molecular flexibility index (Phi) is 25.3. The Balaban J connectivity index is 1.28. The van der Waals surface area contributed by atoms with Crippen LogP contribution in [-0.2, 0) is 38.6 Å². The number of aliphatic carboxylic acids is 1. The summed E-state index contributed by atoms with van der Waals surface area (Å²) in [5, 5.41) is 30.8. The smallest absolute Gasteiger partial charge is 0.407 e. The Morgan fingerprint density at radius 1 is 0.643 bits per heavy atom. The lowest BCUT2D eigenvalue weighted by molar-refractivity contribution is -0.137. The summed E-state index contributed by atoms with van der Waals surface area (Å²) in [7, 11) is -4.15. The number of carbonyl (C=O) groups is 6. The van der Waals surface area contributed by atoms with Crippen molar-refractivity contribution in [3.8, 4) is 0 Å². The first kappa shape index (κ1) is 57.6. The first-order valence-corrected chi connectivity index (χ1v) is 24.3. The summed E-state index contributed by atoms with van der Waals surface area (Å²) in [6.45, 7) is 10.4. The van der Waals surface area contributed by atoms with Crippen LogP contribution in [0.3, 0.4) is 0 Å². The average molecular weight is 1000 g/mol. The van der Waals surface area contributed by atoms with Gasteiger partial charge in [0.15, 0.2) is 0 Å². The zero-order valence-corrected chi connectivity index (χ0v) is 40.8. The number of carboxylic acid groups (broad SMARTS) is 1. The molecule has 3 rings (SSSR count). The number of sulfonamides is 1. The van der Waals surface area contributed by atoms with Gasteiger partial charge in [0, 0.05) is 48.9 Å². The summed E-state index contributed by atoms with van der Waals surface area (Å²) < 4.78 is 50.6. The van der Waals surface area contributed by atoms with Crippen molar-refractivity contribution in [1.82, 2.24) is 26.6 Å². The maximum absolute atomic E-state index is 13.3. The van der Waals surface area contributed by atoms with Crippen molar-refractivity contribution >= 4 is 68.8 Å². The molecule has 0 unspecified atom stereocenters. The van der Waals surface area contributed by atoms with Gasteiger partial charge in [0.25, 0.3) is 10.0 Å². The minimum Gasteiger partial charge on any atom is -0.481 e. The summed E-state index contributed by atoms with van der Waals surface area (Å²) >= 11 is 0. The summed E-state index contributed by atoms with van der Waals surface area (Å²) in [6.07, 6.45) is 1.54. The zero-order chi connectivity index (χ0) is 51.4. The van der Waals surface area contributed by atoms with Crippen LogP contribution in [0.15, 0.2) is 77.7 Å². The molecule has 0 spiro atoms. The Morgan fingerprint density at radius 2 is 1.20 bits per heavy atom. The predicted molar refractivity (Wildman–Crippen MR) is 263 cm³/mol. The van der Waals surface area contributed by atoms with Crippen molar-refractivity contribution in [2.24, 2.45) is 5.73 Å². The third kappa shape index (κ3) is 24.5. The molecule has 0 aromatic heterocycles. The van der Waals surface area contributed by atoms with E-state index < -0.39 is 64.3 Å². The molecule has 0 fully saturated rings. The van der Waals surface area contributed by atoms with Crippen LogP contribution < -0.4 is 53.0 Å². The molecule has 386 valence electrons. The van der Waals surface area contributed by atoms with Gasteiger partial charge in [-0.1, -0.05) is 25.1 Å². The summed E-state index contributed by atoms with van der Waals surface area (Å²) in [5.74, 6) is -1.49. The van der Waals surface area contributed by atoms with Crippen LogP contribution in [0.1, 0.15) is 71.4 Å². The van der Waals surface area contributed by atoms with E-state index in [4.69, 9.17) is 24.7 Å². The summed E-state index contributed by atoms with van der Waals surface area (Å²) in [4.78, 5) is 73.0. The number of carboxylic acids is 1. The normalized spacial score (nSPS) is 12.1. The third-order valence-electron chi connectivity index (χ3n) is 9.33. The molecule has 0 saturated carbocycles. The second-order valence-electron chi connectivity index (χ2n) is 16.5. The van der Waals surface area contributed by atoms with Gasteiger partial charge in [-0.3, -0.25) is 14.3 Å². The average Bonchev–Trinajstić information content (AvgIpc) is 3.29. The second kappa shape index (κ2) is 30.7. The number of anilines is 4. The highest BCUT2D eigenvalue weighted by Gasteiger charge is 2.21. The number of benzene rings is 3. The molecule has 8 amide bonds. The van der Waals surface area contributed by atoms with Crippen LogP contribution in [0.25, 0.3) is 0 Å². The van der Waals surface area contributed by atoms with Crippen molar-refractivity contribution < 1.29 is 61.2 Å². The maximum atomic E-state index is 13.3. The van der Waals surface area contributed by atoms with E-state index in [-0.39, 0.29) is 41.9 Å². The lowest BCUT2D eigenvalue weighted by Crippen LogP contribution is -2.42. The predicted octanol–water partition coefficient (Wildman–Crippen LogP) is 4.67. The number of carbonyl (C=O) groups excluding carboxylic acids is 5. The molecular weight excluding hydrogens is 933 g/mol. The van der Waals surface area contributed by atoms with Gasteiger partial charge in [-0.25, -0.2) is 27.6 Å². The molecule has 12 N–H and O–H groups in total. The van der Waals surface area contributed by atoms with Gasteiger partial charge in [-0.05, 0) is 107 Å². The van der Waals surface area contributed by atoms with Crippen LogP contribution in [0.4, 0.5) is 41.9 Å². The Bertz CT molecular complexity index is 2250. The number of hydrogen-bond acceptors (Lipinski definition) is 13. The number of nitrogens with two attached hydrogens (primary N) is 1. The van der Waals surface area contributed by atoms with E-state index in [9.17, 15) is 42.3 Å². The fourth-order valence-electron chi connectivity index (χ4n) is 6.03. The maximum Gasteiger partial charge on any atom is 0.407 e. The fraction of sp³-hybridized carbons (Fsp3) is 0.478. The molecule has 2 atom stereocenters. The molecule has 24 heteroatoms. The van der Waals surface area contributed by atoms with Crippen molar-refractivity contribution in [2.45, 2.75) is 82.4 Å². The van der Waals surface area contributed by atoms with E-state index in [2.05, 4.69) is 47.3 Å². The summed E-state index contributed by atoms with van der Waals surface area (Å²) in [6, 6.07) is 14.3. The monoisotopic (exact) mass is 1000 g/mol. The van der Waals surface area contributed by atoms with Gasteiger partial charge in [0.05, 0.1) is 63.0 Å². The van der Waals surface area contributed by atoms with E-state index in [1.54, 1.807) is 45.0 Å². The highest BCUT2D eigenvalue weighted by molar-refractivity contribution is 7.92. The van der Waals surface area contributed by atoms with Crippen LogP contribution in [0, 0.1) is 0 Å². The van der Waals surface area contributed by atoms with Gasteiger partial charge < -0.3 is 72.3 Å². The number of urea groups is 3. The molecule has 70 heavy (non-hydrogen) atoms. The molecule has 3 aromatic rings. The highest BCUT2D eigenvalue weighted by Crippen LogP contribution is 2.25. The first-order valence-electron chi connectivity index (χ1n) is 22.8. The van der Waals surface area contributed by atoms with E-state index in [1.807, 2.05) is 6.92 Å². The first-order chi connectivity index (χ1) is 33.3. The van der Waals surface area contributed by atoms with E-state index in [0.717, 1.165) is 6.42 Å². The number of rotatable bonds is 30. The molecule has 0 aliphatic rings. The standard InChI is InChI=1S/C46H68N10O13S/c1-5-19-49-42(60)54-35-11-9-13-37(30-35)70(64,65)56-36-12-8-10-32(29-36)39(31-40(57)58)55-44(62)53-34-17-15-33(16-18-34)52-43(61)50-22-24-67-26-28-68-27-25-66-23-21-48-41(59)38(47)14-6-7-20-51-45(63)69-46(2,3)4/h8-13,15-18,29-30,38-39,56H,5-7,14,19-28,31,47H2,1-4H3,(H,48,59)(H,51,63)(H,57,58)(H2,49,54,60)(H2,50,52,61)(H2,53,55,62)/t38-,39+/m0/s1. The lowest BCUT2D eigenvalue weighted by atomic mass is 10.0. The SMILES string of the molecule is CCCNC(=O)Nc1cccc(S(=O)(=O)Nc2cccc([C@@H](CC(=O)O)NC(=O)Nc3ccc(NC(=O)NCCOCCOCCOCCNC(=O)[C@@H](N)CCCCNC(=O)OC(C)(C)C)cc3)c2)c1. The van der Waals surface area contributed by atoms with Crippen LogP contribution >= 0.6 is 0 Å². The van der Waals surface area contributed by atoms with Crippen LogP contribution in [0.2, 0.25) is 0 Å². The minimum absolute atomic E-state index is 0.107. The fourth-order valence-corrected chi connectivity index (χ4v) is 7.13. The summed E-state index contributed by atoms with van der Waals surface area (Å²) in [5.41, 5.74) is 6.82. The van der Waals surface area contributed by atoms with Gasteiger partial charge in [-0.2, -0.15) is 0 Å². The van der Waals surface area contributed by atoms with Gasteiger partial charge >= 0.3 is 30.2 Å². The largest absolute Gasteiger partial charge is 0.481 e. The second-order valence-corrected chi connectivity index (χ2v) is 18.2. The van der Waals surface area contributed by atoms with E-state index in [0.29, 0.717) is 82.3 Å². The van der Waals surface area contributed by atoms with Crippen molar-refractivity contribution in [2.75, 3.05) is 86.5 Å². The number of unbranched alkanes of at least 4 members (excludes halogenated alkanes) is 1. The molecule has 3 aromatic carbocycles. The molecule has 0 bridgehead atoms. The highest BCUT2D eigenvalue weighted by atomic mass is 32.2. The molecule has 0 heterocycles. The van der Waals surface area contributed by atoms with Crippen LogP contribution in [-0.4, -0.2) is 127 Å². The Morgan fingerprint density at radius 3 is 1.81 bits per heavy atom. The number of hydrogen-bond donors (Lipinski definition) is 11. The Labute approximate surface area is 408 Å². The van der Waals surface area contributed by atoms with Crippen molar-refractivity contribution in [1.29, 1.82) is 0 Å². The van der Waals surface area contributed by atoms with E-state index in [1.165, 1.54) is 48.5 Å². The number of nitrogens with one attached hydrogen (secondary N) is 9. The quantitative estimate of drug-likeness (QED) is 0.0405. The lowest BCUT2D eigenvalue weighted by Gasteiger charge is -2.19. The van der Waals surface area contributed by atoms with Crippen LogP contribution in [0.5, 0.6) is 0 Å². The minimum atomic E-state index is -4.15. The van der Waals surface area contributed by atoms with Gasteiger partial charge in [-0.15, -0.1) is 0 Å². The molecular formula is C46H68N10O13S. The molecule has 23 nitrogen and oxygen atoms in total. The van der Waals surface area contributed by atoms with Gasteiger partial charge in [0.2, 0.25) is 5.91 Å². The molecule has 0 aliphatic heterocycles. The van der Waals surface area contributed by atoms with Crippen molar-refractivity contribution in [3.63, 3.8) is 0 Å². The Hall–Kier alpha value is -6.73. The molecule has 0 radical (unpaired) electrons. The number of alkyl carbamates (subject to hydrolysis) is 1. The number of ether oxygens (including phenoxy) is 4. The topological polar surface area (TPSA) is 328 Å². The number of amides is 8. The third-order valence-corrected chi connectivity index (χ3v) is 10.7.